The molecular weight excluding hydrogens is 359 g/mol. The lowest BCUT2D eigenvalue weighted by molar-refractivity contribution is 0.556. The summed E-state index contributed by atoms with van der Waals surface area (Å²) in [5.41, 5.74) is 1.14. The third-order valence-electron chi connectivity index (χ3n) is 3.11. The second-order valence-corrected chi connectivity index (χ2v) is 7.30. The van der Waals surface area contributed by atoms with E-state index < -0.39 is 16.0 Å². The van der Waals surface area contributed by atoms with Crippen LogP contribution in [0.3, 0.4) is 0 Å². The molecule has 1 aromatic heterocycles. The van der Waals surface area contributed by atoms with Crippen LogP contribution >= 0.6 is 15.9 Å². The second-order valence-electron chi connectivity index (χ2n) is 4.61. The fraction of sp³-hybridized carbons (Fsp3) is 0.0714. The molecule has 0 radical (unpaired) electrons. The van der Waals surface area contributed by atoms with Gasteiger partial charge in [0, 0.05) is 4.47 Å². The van der Waals surface area contributed by atoms with Crippen LogP contribution in [-0.4, -0.2) is 17.6 Å². The van der Waals surface area contributed by atoms with Crippen LogP contribution in [-0.2, 0) is 10.0 Å². The second kappa shape index (κ2) is 4.92. The Morgan fingerprint density at radius 2 is 1.81 bits per heavy atom. The molecule has 4 nitrogen and oxygen atoms in total. The quantitative estimate of drug-likeness (QED) is 0.695. The number of rotatable bonds is 2. The molecule has 0 aliphatic heterocycles. The number of hydrogen-bond acceptors (Lipinski definition) is 3. The van der Waals surface area contributed by atoms with Crippen molar-refractivity contribution in [2.45, 2.75) is 11.8 Å². The number of nitrogens with zero attached hydrogens (tertiary/aromatic N) is 2. The summed E-state index contributed by atoms with van der Waals surface area (Å²) in [7, 11) is -3.92. The molecule has 0 saturated carbocycles. The fourth-order valence-corrected chi connectivity index (χ4v) is 3.66. The molecule has 0 bridgehead atoms. The van der Waals surface area contributed by atoms with Crippen molar-refractivity contribution in [3.63, 3.8) is 0 Å². The largest absolute Gasteiger partial charge is 0.283 e. The molecule has 108 valence electrons. The first-order valence-corrected chi connectivity index (χ1v) is 8.29. The predicted molar refractivity (Wildman–Crippen MR) is 81.2 cm³/mol. The number of fused-ring (bicyclic) bond motifs is 1. The van der Waals surface area contributed by atoms with Crippen LogP contribution in [0.5, 0.6) is 0 Å². The van der Waals surface area contributed by atoms with E-state index in [1.54, 1.807) is 18.2 Å². The van der Waals surface area contributed by atoms with Gasteiger partial charge in [-0.25, -0.2) is 0 Å². The molecule has 2 aromatic carbocycles. The summed E-state index contributed by atoms with van der Waals surface area (Å²) in [6.45, 7) is 1.86. The molecule has 7 heteroatoms. The van der Waals surface area contributed by atoms with Crippen LogP contribution < -0.4 is 0 Å². The Bertz CT molecular complexity index is 934. The highest BCUT2D eigenvalue weighted by Crippen LogP contribution is 2.25. The van der Waals surface area contributed by atoms with E-state index in [0.717, 1.165) is 9.65 Å². The van der Waals surface area contributed by atoms with Crippen LogP contribution in [0.15, 0.2) is 51.8 Å². The molecule has 0 amide bonds. The molecule has 0 spiro atoms. The molecule has 3 aromatic rings. The first-order chi connectivity index (χ1) is 9.89. The van der Waals surface area contributed by atoms with Crippen molar-refractivity contribution < 1.29 is 12.8 Å². The number of aromatic nitrogens is 2. The van der Waals surface area contributed by atoms with Crippen molar-refractivity contribution in [3.8, 4) is 0 Å². The summed E-state index contributed by atoms with van der Waals surface area (Å²) in [6.07, 6.45) is 0. The maximum atomic E-state index is 13.9. The summed E-state index contributed by atoms with van der Waals surface area (Å²) >= 11 is 3.23. The third-order valence-corrected chi connectivity index (χ3v) is 5.21. The molecule has 21 heavy (non-hydrogen) atoms. The summed E-state index contributed by atoms with van der Waals surface area (Å²) in [5.74, 6) is -0.818. The highest BCUT2D eigenvalue weighted by Gasteiger charge is 2.23. The first-order valence-electron chi connectivity index (χ1n) is 6.05. The van der Waals surface area contributed by atoms with Gasteiger partial charge in [-0.15, -0.1) is 5.10 Å². The number of aryl methyl sites for hydroxylation is 1. The van der Waals surface area contributed by atoms with Crippen molar-refractivity contribution in [3.05, 3.63) is 58.4 Å². The van der Waals surface area contributed by atoms with Gasteiger partial charge in [-0.2, -0.15) is 16.9 Å². The van der Waals surface area contributed by atoms with Crippen molar-refractivity contribution in [2.24, 2.45) is 0 Å². The fourth-order valence-electron chi connectivity index (χ4n) is 2.02. The van der Waals surface area contributed by atoms with Gasteiger partial charge >= 0.3 is 0 Å². The van der Waals surface area contributed by atoms with Gasteiger partial charge in [0.25, 0.3) is 10.0 Å². The van der Waals surface area contributed by atoms with E-state index in [9.17, 15) is 12.8 Å². The molecule has 0 atom stereocenters. The molecule has 0 N–H and O–H groups in total. The summed E-state index contributed by atoms with van der Waals surface area (Å²) in [6, 6.07) is 11.0. The van der Waals surface area contributed by atoms with E-state index in [-0.39, 0.29) is 15.8 Å². The number of benzene rings is 2. The molecule has 0 fully saturated rings. The van der Waals surface area contributed by atoms with Gasteiger partial charge in [-0.1, -0.05) is 33.6 Å². The standard InChI is InChI=1S/C14H10BrFN2O2S/c1-9-2-5-11(6-3-9)21(19,20)18-13-7-4-10(15)8-12(13)14(16)17-18/h2-8H,1H3. The maximum Gasteiger partial charge on any atom is 0.283 e. The van der Waals surface area contributed by atoms with Gasteiger partial charge in [-0.3, -0.25) is 0 Å². The Balaban J connectivity index is 2.26. The molecule has 0 aliphatic rings. The monoisotopic (exact) mass is 368 g/mol. The Morgan fingerprint density at radius 3 is 2.48 bits per heavy atom. The van der Waals surface area contributed by atoms with Crippen molar-refractivity contribution >= 4 is 36.9 Å². The van der Waals surface area contributed by atoms with E-state index in [1.807, 2.05) is 6.92 Å². The Labute approximate surface area is 129 Å². The van der Waals surface area contributed by atoms with Gasteiger partial charge in [0.05, 0.1) is 15.8 Å². The maximum absolute atomic E-state index is 13.9. The number of hydrogen-bond donors (Lipinski definition) is 0. The minimum atomic E-state index is -3.92. The van der Waals surface area contributed by atoms with Crippen LogP contribution in [0.25, 0.3) is 10.9 Å². The lowest BCUT2D eigenvalue weighted by Crippen LogP contribution is -2.14. The lowest BCUT2D eigenvalue weighted by Gasteiger charge is -2.06. The molecule has 1 heterocycles. The highest BCUT2D eigenvalue weighted by molar-refractivity contribution is 9.10. The summed E-state index contributed by atoms with van der Waals surface area (Å²) < 4.78 is 40.4. The molecule has 0 aliphatic carbocycles. The van der Waals surface area contributed by atoms with Crippen molar-refractivity contribution in [2.75, 3.05) is 0 Å². The average Bonchev–Trinajstić information content (AvgIpc) is 2.77. The SMILES string of the molecule is Cc1ccc(S(=O)(=O)n2nc(F)c3cc(Br)ccc32)cc1. The van der Waals surface area contributed by atoms with E-state index in [1.165, 1.54) is 24.3 Å². The molecule has 0 unspecified atom stereocenters. The summed E-state index contributed by atoms with van der Waals surface area (Å²) in [5, 5.41) is 3.70. The average molecular weight is 369 g/mol. The molecule has 0 saturated heterocycles. The van der Waals surface area contributed by atoms with Gasteiger partial charge in [0.1, 0.15) is 0 Å². The van der Waals surface area contributed by atoms with Gasteiger partial charge < -0.3 is 0 Å². The van der Waals surface area contributed by atoms with Crippen molar-refractivity contribution in [1.29, 1.82) is 0 Å². The molecular formula is C14H10BrFN2O2S. The Hall–Kier alpha value is -1.73. The highest BCUT2D eigenvalue weighted by atomic mass is 79.9. The minimum Gasteiger partial charge on any atom is -0.199 e. The van der Waals surface area contributed by atoms with Crippen LogP contribution in [0.2, 0.25) is 0 Å². The number of halogens is 2. The van der Waals surface area contributed by atoms with Gasteiger partial charge in [-0.05, 0) is 37.3 Å². The zero-order valence-corrected chi connectivity index (χ0v) is 13.3. The van der Waals surface area contributed by atoms with E-state index in [0.29, 0.717) is 4.47 Å². The first kappa shape index (κ1) is 14.2. The van der Waals surface area contributed by atoms with E-state index in [4.69, 9.17) is 0 Å². The van der Waals surface area contributed by atoms with Crippen LogP contribution in [0.4, 0.5) is 4.39 Å². The van der Waals surface area contributed by atoms with E-state index in [2.05, 4.69) is 21.0 Å². The predicted octanol–water partition coefficient (Wildman–Crippen LogP) is 3.48. The topological polar surface area (TPSA) is 52.0 Å². The summed E-state index contributed by atoms with van der Waals surface area (Å²) in [4.78, 5) is 0.0698. The van der Waals surface area contributed by atoms with Gasteiger partial charge in [0.2, 0.25) is 5.95 Å². The third kappa shape index (κ3) is 2.36. The zero-order chi connectivity index (χ0) is 15.2. The normalized spacial score (nSPS) is 12.0. The molecule has 3 rings (SSSR count). The van der Waals surface area contributed by atoms with E-state index >= 15 is 0 Å². The zero-order valence-electron chi connectivity index (χ0n) is 10.9. The smallest absolute Gasteiger partial charge is 0.199 e. The van der Waals surface area contributed by atoms with Crippen LogP contribution in [0.1, 0.15) is 5.56 Å². The van der Waals surface area contributed by atoms with Gasteiger partial charge in [0.15, 0.2) is 0 Å². The Kier molecular flexibility index (Phi) is 3.33. The Morgan fingerprint density at radius 1 is 1.14 bits per heavy atom. The van der Waals surface area contributed by atoms with Crippen molar-refractivity contribution in [1.82, 2.24) is 9.19 Å². The minimum absolute atomic E-state index is 0.0698. The van der Waals surface area contributed by atoms with Crippen LogP contribution in [0, 0.1) is 12.9 Å². The lowest BCUT2D eigenvalue weighted by atomic mass is 10.2.